The summed E-state index contributed by atoms with van der Waals surface area (Å²) in [6, 6.07) is 2.52. The normalized spacial score (nSPS) is 12.1. The number of carbonyl (C=O) groups excluding carboxylic acids is 1. The molecule has 1 unspecified atom stereocenters. The predicted octanol–water partition coefficient (Wildman–Crippen LogP) is 3.77. The van der Waals surface area contributed by atoms with Crippen molar-refractivity contribution in [1.29, 1.82) is 0 Å². The van der Waals surface area contributed by atoms with Gasteiger partial charge in [-0.05, 0) is 19.4 Å². The van der Waals surface area contributed by atoms with Crippen molar-refractivity contribution >= 4 is 34.8 Å². The van der Waals surface area contributed by atoms with Gasteiger partial charge >= 0.3 is 0 Å². The van der Waals surface area contributed by atoms with Crippen LogP contribution in [0.2, 0.25) is 10.0 Å². The first kappa shape index (κ1) is 15.7. The van der Waals surface area contributed by atoms with Crippen LogP contribution in [0.1, 0.15) is 30.6 Å². The molecule has 104 valence electrons. The molecule has 0 aromatic heterocycles. The number of hydrogen-bond acceptors (Lipinski definition) is 3. The van der Waals surface area contributed by atoms with E-state index in [-0.39, 0.29) is 33.2 Å². The van der Waals surface area contributed by atoms with Crippen LogP contribution in [0.15, 0.2) is 12.1 Å². The van der Waals surface area contributed by atoms with Gasteiger partial charge in [-0.2, -0.15) is 0 Å². The first-order valence-corrected chi connectivity index (χ1v) is 6.45. The van der Waals surface area contributed by atoms with E-state index in [1.54, 1.807) is 7.05 Å². The highest BCUT2D eigenvalue weighted by atomic mass is 35.5. The van der Waals surface area contributed by atoms with Crippen LogP contribution in [0.25, 0.3) is 0 Å². The average molecular weight is 305 g/mol. The number of nitro benzene ring substituents is 1. The first-order chi connectivity index (χ1) is 8.79. The van der Waals surface area contributed by atoms with Gasteiger partial charge in [0.05, 0.1) is 9.95 Å². The summed E-state index contributed by atoms with van der Waals surface area (Å²) in [4.78, 5) is 23.9. The molecule has 0 saturated carbocycles. The number of benzene rings is 1. The van der Waals surface area contributed by atoms with Gasteiger partial charge in [0.25, 0.3) is 11.6 Å². The molecule has 1 aromatic rings. The van der Waals surface area contributed by atoms with Gasteiger partial charge < -0.3 is 4.90 Å². The monoisotopic (exact) mass is 304 g/mol. The zero-order valence-electron chi connectivity index (χ0n) is 10.8. The highest BCUT2D eigenvalue weighted by Gasteiger charge is 2.23. The second-order valence-corrected chi connectivity index (χ2v) is 5.01. The molecule has 1 rings (SSSR count). The number of nitrogens with zero attached hydrogens (tertiary/aromatic N) is 2. The van der Waals surface area contributed by atoms with E-state index in [0.717, 1.165) is 12.5 Å². The smallest absolute Gasteiger partial charge is 0.290 e. The molecule has 0 saturated heterocycles. The maximum absolute atomic E-state index is 12.2. The van der Waals surface area contributed by atoms with Gasteiger partial charge in [0.1, 0.15) is 5.02 Å². The Labute approximate surface area is 121 Å². The maximum Gasteiger partial charge on any atom is 0.290 e. The van der Waals surface area contributed by atoms with Crippen molar-refractivity contribution in [1.82, 2.24) is 4.90 Å². The van der Waals surface area contributed by atoms with E-state index in [4.69, 9.17) is 23.2 Å². The van der Waals surface area contributed by atoms with Crippen molar-refractivity contribution in [3.05, 3.63) is 37.9 Å². The zero-order valence-corrected chi connectivity index (χ0v) is 12.3. The average Bonchev–Trinajstić information content (AvgIpc) is 2.38. The summed E-state index contributed by atoms with van der Waals surface area (Å²) < 4.78 is 0. The molecular formula is C12H14Cl2N2O3. The summed E-state index contributed by atoms with van der Waals surface area (Å²) in [7, 11) is 1.64. The van der Waals surface area contributed by atoms with Gasteiger partial charge in [-0.3, -0.25) is 14.9 Å². The lowest BCUT2D eigenvalue weighted by Gasteiger charge is -2.23. The van der Waals surface area contributed by atoms with Crippen LogP contribution in [0, 0.1) is 10.1 Å². The Hall–Kier alpha value is -1.33. The Morgan fingerprint density at radius 2 is 2.05 bits per heavy atom. The molecule has 0 radical (unpaired) electrons. The number of rotatable bonds is 4. The van der Waals surface area contributed by atoms with Gasteiger partial charge in [-0.1, -0.05) is 30.1 Å². The Bertz CT molecular complexity index is 520. The van der Waals surface area contributed by atoms with E-state index in [2.05, 4.69) is 0 Å². The van der Waals surface area contributed by atoms with E-state index in [0.29, 0.717) is 0 Å². The Morgan fingerprint density at radius 1 is 1.47 bits per heavy atom. The molecule has 0 aliphatic heterocycles. The summed E-state index contributed by atoms with van der Waals surface area (Å²) in [5, 5.41) is 10.7. The fraction of sp³-hybridized carbons (Fsp3) is 0.417. The van der Waals surface area contributed by atoms with Gasteiger partial charge in [-0.25, -0.2) is 0 Å². The summed E-state index contributed by atoms with van der Waals surface area (Å²) in [5.41, 5.74) is -0.209. The minimum absolute atomic E-state index is 0.00299. The third kappa shape index (κ3) is 3.36. The highest BCUT2D eigenvalue weighted by Crippen LogP contribution is 2.33. The van der Waals surface area contributed by atoms with E-state index < -0.39 is 4.92 Å². The van der Waals surface area contributed by atoms with Crippen molar-refractivity contribution in [3.8, 4) is 0 Å². The van der Waals surface area contributed by atoms with E-state index >= 15 is 0 Å². The topological polar surface area (TPSA) is 63.5 Å². The third-order valence-corrected chi connectivity index (χ3v) is 3.82. The van der Waals surface area contributed by atoms with Gasteiger partial charge in [-0.15, -0.1) is 0 Å². The molecule has 0 aliphatic carbocycles. The second-order valence-electron chi connectivity index (χ2n) is 4.22. The summed E-state index contributed by atoms with van der Waals surface area (Å²) in [5.74, 6) is -0.323. The van der Waals surface area contributed by atoms with E-state index in [9.17, 15) is 14.9 Å². The van der Waals surface area contributed by atoms with Crippen LogP contribution in [0.5, 0.6) is 0 Å². The number of carbonyl (C=O) groups is 1. The predicted molar refractivity (Wildman–Crippen MR) is 75.0 cm³/mol. The Morgan fingerprint density at radius 3 is 2.53 bits per heavy atom. The number of halogens is 2. The lowest BCUT2D eigenvalue weighted by atomic mass is 10.1. The molecule has 0 N–H and O–H groups in total. The first-order valence-electron chi connectivity index (χ1n) is 5.70. The fourth-order valence-electron chi connectivity index (χ4n) is 1.51. The Balaban J connectivity index is 3.22. The number of hydrogen-bond donors (Lipinski definition) is 0. The van der Waals surface area contributed by atoms with E-state index in [1.165, 1.54) is 11.0 Å². The highest BCUT2D eigenvalue weighted by molar-refractivity contribution is 6.43. The molecule has 0 aliphatic rings. The second kappa shape index (κ2) is 6.21. The van der Waals surface area contributed by atoms with Crippen LogP contribution in [-0.2, 0) is 0 Å². The van der Waals surface area contributed by atoms with Crippen LogP contribution in [0.3, 0.4) is 0 Å². The number of amides is 1. The van der Waals surface area contributed by atoms with Crippen LogP contribution in [0.4, 0.5) is 5.69 Å². The molecule has 5 nitrogen and oxygen atoms in total. The standard InChI is InChI=1S/C12H14Cl2N2O3/c1-4-7(2)15(3)12(17)8-5-9(13)11(14)10(6-8)16(18)19/h5-7H,4H2,1-3H3. The van der Waals surface area contributed by atoms with Crippen molar-refractivity contribution in [2.24, 2.45) is 0 Å². The minimum atomic E-state index is -0.658. The lowest BCUT2D eigenvalue weighted by Crippen LogP contribution is -2.34. The number of nitro groups is 1. The van der Waals surface area contributed by atoms with Gasteiger partial charge in [0.2, 0.25) is 0 Å². The summed E-state index contributed by atoms with van der Waals surface area (Å²) in [6.07, 6.45) is 0.783. The zero-order chi connectivity index (χ0) is 14.7. The molecule has 0 fully saturated rings. The third-order valence-electron chi connectivity index (χ3n) is 3.02. The fourth-order valence-corrected chi connectivity index (χ4v) is 1.90. The molecule has 0 heterocycles. The van der Waals surface area contributed by atoms with Crippen molar-refractivity contribution < 1.29 is 9.72 Å². The van der Waals surface area contributed by atoms with Gasteiger partial charge in [0.15, 0.2) is 0 Å². The van der Waals surface area contributed by atoms with Gasteiger partial charge in [0, 0.05) is 24.7 Å². The van der Waals surface area contributed by atoms with E-state index in [1.807, 2.05) is 13.8 Å². The largest absolute Gasteiger partial charge is 0.339 e. The quantitative estimate of drug-likeness (QED) is 0.628. The molecule has 1 aromatic carbocycles. The maximum atomic E-state index is 12.2. The van der Waals surface area contributed by atoms with Crippen molar-refractivity contribution in [2.75, 3.05) is 7.05 Å². The molecule has 7 heteroatoms. The Kier molecular flexibility index (Phi) is 5.14. The minimum Gasteiger partial charge on any atom is -0.339 e. The molecule has 0 bridgehead atoms. The SMILES string of the molecule is CCC(C)N(C)C(=O)c1cc(Cl)c(Cl)c([N+](=O)[O-])c1. The molecule has 19 heavy (non-hydrogen) atoms. The van der Waals surface area contributed by atoms with Crippen molar-refractivity contribution in [2.45, 2.75) is 26.3 Å². The molecule has 1 amide bonds. The lowest BCUT2D eigenvalue weighted by molar-refractivity contribution is -0.384. The molecular weight excluding hydrogens is 291 g/mol. The molecule has 0 spiro atoms. The van der Waals surface area contributed by atoms with Crippen LogP contribution >= 0.6 is 23.2 Å². The van der Waals surface area contributed by atoms with Crippen LogP contribution in [-0.4, -0.2) is 28.8 Å². The van der Waals surface area contributed by atoms with Crippen molar-refractivity contribution in [3.63, 3.8) is 0 Å². The summed E-state index contributed by atoms with van der Waals surface area (Å²) in [6.45, 7) is 3.84. The van der Waals surface area contributed by atoms with Crippen LogP contribution < -0.4 is 0 Å². The summed E-state index contributed by atoms with van der Waals surface area (Å²) >= 11 is 11.6. The molecule has 1 atom stereocenters.